The largest absolute Gasteiger partial charge is 0.493 e. The molecular formula is C21H20N2O5S. The third-order valence-electron chi connectivity index (χ3n) is 4.04. The van der Waals surface area contributed by atoms with Gasteiger partial charge in [0.15, 0.2) is 16.7 Å². The predicted molar refractivity (Wildman–Crippen MR) is 113 cm³/mol. The van der Waals surface area contributed by atoms with Crippen LogP contribution in [0.1, 0.15) is 28.4 Å². The molecule has 8 heteroatoms. The summed E-state index contributed by atoms with van der Waals surface area (Å²) in [5.74, 6) is -0.171. The van der Waals surface area contributed by atoms with Gasteiger partial charge in [-0.2, -0.15) is 0 Å². The van der Waals surface area contributed by atoms with Gasteiger partial charge < -0.3 is 19.9 Å². The second-order valence-electron chi connectivity index (χ2n) is 6.15. The van der Waals surface area contributed by atoms with Crippen molar-refractivity contribution in [1.29, 1.82) is 0 Å². The molecule has 0 radical (unpaired) electrons. The monoisotopic (exact) mass is 412 g/mol. The molecule has 2 aromatic rings. The molecule has 0 bridgehead atoms. The molecule has 1 aliphatic heterocycles. The summed E-state index contributed by atoms with van der Waals surface area (Å²) in [6, 6.07) is 10.3. The summed E-state index contributed by atoms with van der Waals surface area (Å²) >= 11 is 1.15. The molecule has 0 aromatic heterocycles. The fourth-order valence-corrected chi connectivity index (χ4v) is 3.54. The Morgan fingerprint density at radius 2 is 2.03 bits per heavy atom. The summed E-state index contributed by atoms with van der Waals surface area (Å²) < 4.78 is 10.8. The zero-order valence-electron chi connectivity index (χ0n) is 16.2. The quantitative estimate of drug-likeness (QED) is 0.697. The van der Waals surface area contributed by atoms with Crippen molar-refractivity contribution in [1.82, 2.24) is 5.32 Å². The van der Waals surface area contributed by atoms with Gasteiger partial charge in [0, 0.05) is 0 Å². The van der Waals surface area contributed by atoms with Crippen LogP contribution in [0.15, 0.2) is 46.3 Å². The topological polar surface area (TPSA) is 97.2 Å². The van der Waals surface area contributed by atoms with Crippen LogP contribution in [0.4, 0.5) is 5.69 Å². The van der Waals surface area contributed by atoms with Crippen molar-refractivity contribution in [3.8, 4) is 11.5 Å². The van der Waals surface area contributed by atoms with Gasteiger partial charge in [-0.3, -0.25) is 4.79 Å². The van der Waals surface area contributed by atoms with Crippen molar-refractivity contribution in [2.24, 2.45) is 4.99 Å². The van der Waals surface area contributed by atoms with E-state index in [2.05, 4.69) is 10.3 Å². The highest BCUT2D eigenvalue weighted by Gasteiger charge is 2.24. The first-order valence-corrected chi connectivity index (χ1v) is 9.67. The number of carboxylic acids is 1. The van der Waals surface area contributed by atoms with E-state index in [1.165, 1.54) is 6.07 Å². The molecule has 1 aliphatic rings. The number of amides is 1. The summed E-state index contributed by atoms with van der Waals surface area (Å²) in [6.45, 7) is 4.26. The Kier molecular flexibility index (Phi) is 6.23. The molecule has 0 spiro atoms. The maximum atomic E-state index is 12.3. The Bertz CT molecular complexity index is 1030. The summed E-state index contributed by atoms with van der Waals surface area (Å²) in [5, 5.41) is 12.3. The van der Waals surface area contributed by atoms with E-state index < -0.39 is 5.97 Å². The summed E-state index contributed by atoms with van der Waals surface area (Å²) in [7, 11) is 1.55. The number of hydrogen-bond donors (Lipinski definition) is 2. The summed E-state index contributed by atoms with van der Waals surface area (Å²) in [4.78, 5) is 28.5. The molecule has 0 atom stereocenters. The van der Waals surface area contributed by atoms with Gasteiger partial charge in [-0.15, -0.1) is 0 Å². The molecule has 1 heterocycles. The minimum Gasteiger partial charge on any atom is -0.493 e. The van der Waals surface area contributed by atoms with Crippen LogP contribution in [0.25, 0.3) is 6.08 Å². The molecule has 2 N–H and O–H groups in total. The average molecular weight is 412 g/mol. The molecule has 1 fully saturated rings. The lowest BCUT2D eigenvalue weighted by molar-refractivity contribution is -0.115. The van der Waals surface area contributed by atoms with E-state index in [1.54, 1.807) is 37.5 Å². The van der Waals surface area contributed by atoms with E-state index >= 15 is 0 Å². The smallest absolute Gasteiger partial charge is 0.337 e. The van der Waals surface area contributed by atoms with Crippen LogP contribution in [0.2, 0.25) is 0 Å². The van der Waals surface area contributed by atoms with Gasteiger partial charge in [0.1, 0.15) is 0 Å². The maximum Gasteiger partial charge on any atom is 0.337 e. The van der Waals surface area contributed by atoms with Gasteiger partial charge in [0.2, 0.25) is 0 Å². The van der Waals surface area contributed by atoms with Gasteiger partial charge in [-0.05, 0) is 67.1 Å². The number of nitrogens with one attached hydrogen (secondary N) is 1. The fourth-order valence-electron chi connectivity index (χ4n) is 2.71. The van der Waals surface area contributed by atoms with Crippen molar-refractivity contribution < 1.29 is 24.2 Å². The first-order chi connectivity index (χ1) is 13.9. The van der Waals surface area contributed by atoms with Gasteiger partial charge in [-0.1, -0.05) is 12.1 Å². The number of aryl methyl sites for hydroxylation is 1. The molecule has 3 rings (SSSR count). The number of carbonyl (C=O) groups is 2. The van der Waals surface area contributed by atoms with Crippen molar-refractivity contribution in [3.05, 3.63) is 58.0 Å². The zero-order valence-corrected chi connectivity index (χ0v) is 17.0. The summed E-state index contributed by atoms with van der Waals surface area (Å²) in [6.07, 6.45) is 1.72. The predicted octanol–water partition coefficient (Wildman–Crippen LogP) is 3.99. The lowest BCUT2D eigenvalue weighted by Gasteiger charge is -2.09. The van der Waals surface area contributed by atoms with Crippen molar-refractivity contribution in [2.75, 3.05) is 13.7 Å². The van der Waals surface area contributed by atoms with E-state index in [0.29, 0.717) is 33.9 Å². The molecule has 1 saturated heterocycles. The number of hydrogen-bond acceptors (Lipinski definition) is 6. The third-order valence-corrected chi connectivity index (χ3v) is 4.95. The van der Waals surface area contributed by atoms with Crippen LogP contribution >= 0.6 is 11.8 Å². The van der Waals surface area contributed by atoms with Crippen LogP contribution in [0.3, 0.4) is 0 Å². The fraction of sp³-hybridized carbons (Fsp3) is 0.190. The third kappa shape index (κ3) is 4.78. The number of aromatic carboxylic acids is 1. The minimum atomic E-state index is -1.07. The molecular weight excluding hydrogens is 392 g/mol. The standard InChI is InChI=1S/C21H20N2O5S/c1-4-28-16-8-6-13(10-17(16)27-3)11-18-19(24)23-21(29-18)22-15-9-12(2)5-7-14(15)20(25)26/h5-11H,4H2,1-3H3,(H,25,26)(H,22,23,24)/b18-11-. The van der Waals surface area contributed by atoms with E-state index in [1.807, 2.05) is 19.9 Å². The van der Waals surface area contributed by atoms with Crippen molar-refractivity contribution in [3.63, 3.8) is 0 Å². The Labute approximate surface area is 172 Å². The number of amidine groups is 1. The molecule has 0 unspecified atom stereocenters. The number of thioether (sulfide) groups is 1. The lowest BCUT2D eigenvalue weighted by atomic mass is 10.1. The molecule has 150 valence electrons. The molecule has 29 heavy (non-hydrogen) atoms. The highest BCUT2D eigenvalue weighted by Crippen LogP contribution is 2.32. The number of aliphatic imine (C=N–C) groups is 1. The number of benzene rings is 2. The van der Waals surface area contributed by atoms with Crippen LogP contribution in [-0.4, -0.2) is 35.9 Å². The zero-order chi connectivity index (χ0) is 21.0. The molecule has 7 nitrogen and oxygen atoms in total. The van der Waals surface area contributed by atoms with E-state index in [4.69, 9.17) is 9.47 Å². The van der Waals surface area contributed by atoms with Gasteiger partial charge in [0.05, 0.1) is 29.9 Å². The van der Waals surface area contributed by atoms with E-state index in [0.717, 1.165) is 22.9 Å². The Morgan fingerprint density at radius 1 is 1.24 bits per heavy atom. The first-order valence-electron chi connectivity index (χ1n) is 8.85. The minimum absolute atomic E-state index is 0.0756. The lowest BCUT2D eigenvalue weighted by Crippen LogP contribution is -2.19. The van der Waals surface area contributed by atoms with Crippen molar-refractivity contribution >= 4 is 40.6 Å². The number of nitrogens with zero attached hydrogens (tertiary/aromatic N) is 1. The summed E-state index contributed by atoms with van der Waals surface area (Å²) in [5.41, 5.74) is 2.02. The molecule has 2 aromatic carbocycles. The molecule has 1 amide bonds. The normalized spacial score (nSPS) is 16.2. The van der Waals surface area contributed by atoms with Crippen LogP contribution in [0, 0.1) is 6.92 Å². The van der Waals surface area contributed by atoms with E-state index in [9.17, 15) is 14.7 Å². The van der Waals surface area contributed by atoms with Gasteiger partial charge in [-0.25, -0.2) is 9.79 Å². The Hall–Kier alpha value is -3.26. The number of rotatable bonds is 6. The molecule has 0 saturated carbocycles. The number of carbonyl (C=O) groups excluding carboxylic acids is 1. The van der Waals surface area contributed by atoms with Gasteiger partial charge in [0.25, 0.3) is 5.91 Å². The number of ether oxygens (including phenoxy) is 2. The Morgan fingerprint density at radius 3 is 2.72 bits per heavy atom. The molecule has 0 aliphatic carbocycles. The second-order valence-corrected chi connectivity index (χ2v) is 7.18. The second kappa shape index (κ2) is 8.83. The highest BCUT2D eigenvalue weighted by molar-refractivity contribution is 8.18. The van der Waals surface area contributed by atoms with Crippen LogP contribution < -0.4 is 14.8 Å². The number of carboxylic acid groups (broad SMARTS) is 1. The van der Waals surface area contributed by atoms with Crippen LogP contribution in [0.5, 0.6) is 11.5 Å². The highest BCUT2D eigenvalue weighted by atomic mass is 32.2. The SMILES string of the molecule is CCOc1ccc(/C=C2\SC(=Nc3cc(C)ccc3C(=O)O)NC2=O)cc1OC. The van der Waals surface area contributed by atoms with Gasteiger partial charge >= 0.3 is 5.97 Å². The first kappa shape index (κ1) is 20.5. The van der Waals surface area contributed by atoms with Crippen LogP contribution in [-0.2, 0) is 4.79 Å². The number of methoxy groups -OCH3 is 1. The van der Waals surface area contributed by atoms with E-state index in [-0.39, 0.29) is 11.5 Å². The maximum absolute atomic E-state index is 12.3. The Balaban J connectivity index is 1.88. The average Bonchev–Trinajstić information content (AvgIpc) is 3.01. The van der Waals surface area contributed by atoms with Crippen molar-refractivity contribution in [2.45, 2.75) is 13.8 Å².